The van der Waals surface area contributed by atoms with Crippen molar-refractivity contribution < 1.29 is 0 Å². The summed E-state index contributed by atoms with van der Waals surface area (Å²) in [6.07, 6.45) is 5.70. The van der Waals surface area contributed by atoms with E-state index in [9.17, 15) is 0 Å². The van der Waals surface area contributed by atoms with Crippen LogP contribution in [0.5, 0.6) is 0 Å². The molecule has 3 unspecified atom stereocenters. The Morgan fingerprint density at radius 1 is 1.47 bits per heavy atom. The molecular formula is C12H15N5. The van der Waals surface area contributed by atoms with Gasteiger partial charge in [0, 0.05) is 0 Å². The molecule has 1 aromatic heterocycles. The molecule has 2 rings (SSSR count). The molecule has 0 aliphatic heterocycles. The molecule has 1 fully saturated rings. The largest absolute Gasteiger partial charge is 0.252 e. The van der Waals surface area contributed by atoms with Gasteiger partial charge in [-0.25, -0.2) is 9.67 Å². The summed E-state index contributed by atoms with van der Waals surface area (Å²) in [5.74, 6) is 0.825. The Labute approximate surface area is 101 Å². The number of hydrogen-bond acceptors (Lipinski definition) is 4. The molecule has 0 amide bonds. The van der Waals surface area contributed by atoms with Crippen LogP contribution in [0.2, 0.25) is 0 Å². The Hall–Kier alpha value is -1.88. The van der Waals surface area contributed by atoms with Gasteiger partial charge in [0.2, 0.25) is 0 Å². The third-order valence-electron chi connectivity index (χ3n) is 3.62. The molecule has 1 aliphatic carbocycles. The van der Waals surface area contributed by atoms with Crippen LogP contribution in [0.4, 0.5) is 0 Å². The van der Waals surface area contributed by atoms with E-state index in [4.69, 9.17) is 10.5 Å². The van der Waals surface area contributed by atoms with Crippen LogP contribution in [0.25, 0.3) is 0 Å². The summed E-state index contributed by atoms with van der Waals surface area (Å²) < 4.78 is 1.70. The fourth-order valence-corrected chi connectivity index (χ4v) is 2.53. The maximum absolute atomic E-state index is 9.17. The molecule has 5 nitrogen and oxygen atoms in total. The Balaban J connectivity index is 2.21. The van der Waals surface area contributed by atoms with Crippen molar-refractivity contribution in [2.24, 2.45) is 11.8 Å². The van der Waals surface area contributed by atoms with E-state index in [0.29, 0.717) is 5.92 Å². The van der Waals surface area contributed by atoms with Crippen molar-refractivity contribution in [3.63, 3.8) is 0 Å². The van der Waals surface area contributed by atoms with Crippen molar-refractivity contribution in [3.8, 4) is 12.1 Å². The van der Waals surface area contributed by atoms with Crippen LogP contribution in [-0.2, 0) is 0 Å². The summed E-state index contributed by atoms with van der Waals surface area (Å²) in [7, 11) is 0. The Morgan fingerprint density at radius 3 is 2.88 bits per heavy atom. The molecule has 1 aromatic rings. The number of hydrogen-bond donors (Lipinski definition) is 0. The molecule has 0 spiro atoms. The van der Waals surface area contributed by atoms with E-state index in [1.54, 1.807) is 11.0 Å². The Morgan fingerprint density at radius 2 is 2.29 bits per heavy atom. The van der Waals surface area contributed by atoms with Crippen LogP contribution in [0.15, 0.2) is 6.33 Å². The lowest BCUT2D eigenvalue weighted by molar-refractivity contribution is 0.203. The van der Waals surface area contributed by atoms with E-state index in [0.717, 1.165) is 25.7 Å². The quantitative estimate of drug-likeness (QED) is 0.777. The Bertz CT molecular complexity index is 464. The summed E-state index contributed by atoms with van der Waals surface area (Å²) in [6, 6.07) is 4.35. The maximum atomic E-state index is 9.17. The molecule has 1 saturated carbocycles. The molecule has 3 atom stereocenters. The van der Waals surface area contributed by atoms with Gasteiger partial charge in [0.15, 0.2) is 0 Å². The number of aromatic nitrogens is 3. The van der Waals surface area contributed by atoms with Crippen molar-refractivity contribution in [2.75, 3.05) is 0 Å². The molecular weight excluding hydrogens is 214 g/mol. The van der Waals surface area contributed by atoms with Gasteiger partial charge in [-0.1, -0.05) is 13.3 Å². The normalized spacial score (nSPS) is 28.3. The van der Waals surface area contributed by atoms with Crippen molar-refractivity contribution >= 4 is 0 Å². The minimum absolute atomic E-state index is 0.00829. The van der Waals surface area contributed by atoms with Gasteiger partial charge in [-0.2, -0.15) is 10.5 Å². The smallest absolute Gasteiger partial charge is 0.247 e. The zero-order valence-electron chi connectivity index (χ0n) is 9.87. The molecule has 88 valence electrons. The van der Waals surface area contributed by atoms with Gasteiger partial charge in [0.25, 0.3) is 5.82 Å². The van der Waals surface area contributed by atoms with Crippen molar-refractivity contribution in [3.05, 3.63) is 12.2 Å². The number of nitrogens with zero attached hydrogens (tertiary/aromatic N) is 5. The van der Waals surface area contributed by atoms with E-state index in [-0.39, 0.29) is 17.8 Å². The van der Waals surface area contributed by atoms with Crippen LogP contribution in [0.1, 0.15) is 44.5 Å². The SMILES string of the molecule is CCC1CCC(C#N)C(n2cnc(C#N)n2)C1. The number of rotatable bonds is 2. The van der Waals surface area contributed by atoms with Crippen molar-refractivity contribution in [2.45, 2.75) is 38.6 Å². The molecule has 0 saturated heterocycles. The topological polar surface area (TPSA) is 78.3 Å². The highest BCUT2D eigenvalue weighted by Gasteiger charge is 2.31. The monoisotopic (exact) mass is 229 g/mol. The second kappa shape index (κ2) is 4.97. The van der Waals surface area contributed by atoms with Gasteiger partial charge in [-0.05, 0) is 25.2 Å². The van der Waals surface area contributed by atoms with Gasteiger partial charge in [-0.15, -0.1) is 5.10 Å². The van der Waals surface area contributed by atoms with E-state index in [2.05, 4.69) is 23.1 Å². The van der Waals surface area contributed by atoms with E-state index >= 15 is 0 Å². The lowest BCUT2D eigenvalue weighted by atomic mass is 9.78. The first kappa shape index (κ1) is 11.6. The minimum atomic E-state index is -0.00829. The molecule has 1 aliphatic rings. The Kier molecular flexibility index (Phi) is 3.39. The van der Waals surface area contributed by atoms with E-state index < -0.39 is 0 Å². The van der Waals surface area contributed by atoms with Crippen LogP contribution < -0.4 is 0 Å². The number of nitriles is 2. The third-order valence-corrected chi connectivity index (χ3v) is 3.62. The summed E-state index contributed by atoms with van der Waals surface area (Å²) >= 11 is 0. The molecule has 0 N–H and O–H groups in total. The summed E-state index contributed by atoms with van der Waals surface area (Å²) in [5, 5.41) is 22.0. The van der Waals surface area contributed by atoms with E-state index in [1.165, 1.54) is 0 Å². The lowest BCUT2D eigenvalue weighted by Crippen LogP contribution is -2.27. The summed E-state index contributed by atoms with van der Waals surface area (Å²) in [5.41, 5.74) is 0. The summed E-state index contributed by atoms with van der Waals surface area (Å²) in [4.78, 5) is 3.91. The standard InChI is InChI=1S/C12H15N5/c1-2-9-3-4-10(6-13)11(5-9)17-8-15-12(7-14)16-17/h8-11H,2-5H2,1H3. The minimum Gasteiger partial charge on any atom is -0.247 e. The lowest BCUT2D eigenvalue weighted by Gasteiger charge is -2.31. The first-order chi connectivity index (χ1) is 8.28. The molecule has 5 heteroatoms. The first-order valence-corrected chi connectivity index (χ1v) is 5.99. The fourth-order valence-electron chi connectivity index (χ4n) is 2.53. The van der Waals surface area contributed by atoms with Gasteiger partial charge in [-0.3, -0.25) is 0 Å². The second-order valence-electron chi connectivity index (χ2n) is 4.55. The maximum Gasteiger partial charge on any atom is 0.252 e. The van der Waals surface area contributed by atoms with Crippen LogP contribution in [0.3, 0.4) is 0 Å². The highest BCUT2D eigenvalue weighted by atomic mass is 15.3. The average molecular weight is 229 g/mol. The highest BCUT2D eigenvalue weighted by molar-refractivity contribution is 5.06. The van der Waals surface area contributed by atoms with Gasteiger partial charge in [0.1, 0.15) is 12.4 Å². The fraction of sp³-hybridized carbons (Fsp3) is 0.667. The van der Waals surface area contributed by atoms with Gasteiger partial charge in [0.05, 0.1) is 18.0 Å². The van der Waals surface area contributed by atoms with Crippen LogP contribution in [-0.4, -0.2) is 14.8 Å². The summed E-state index contributed by atoms with van der Waals surface area (Å²) in [6.45, 7) is 2.18. The van der Waals surface area contributed by atoms with Crippen molar-refractivity contribution in [1.82, 2.24) is 14.8 Å². The molecule has 17 heavy (non-hydrogen) atoms. The van der Waals surface area contributed by atoms with Gasteiger partial charge < -0.3 is 0 Å². The molecule has 0 aromatic carbocycles. The second-order valence-corrected chi connectivity index (χ2v) is 4.55. The average Bonchev–Trinajstić information content (AvgIpc) is 2.86. The zero-order chi connectivity index (χ0) is 12.3. The molecule has 1 heterocycles. The van der Waals surface area contributed by atoms with E-state index in [1.807, 2.05) is 6.07 Å². The van der Waals surface area contributed by atoms with Crippen molar-refractivity contribution in [1.29, 1.82) is 10.5 Å². The van der Waals surface area contributed by atoms with Crippen LogP contribution in [0, 0.1) is 34.5 Å². The van der Waals surface area contributed by atoms with Gasteiger partial charge >= 0.3 is 0 Å². The third kappa shape index (κ3) is 2.29. The highest BCUT2D eigenvalue weighted by Crippen LogP contribution is 2.37. The first-order valence-electron chi connectivity index (χ1n) is 5.99. The predicted octanol–water partition coefficient (Wildman–Crippen LogP) is 2.04. The zero-order valence-corrected chi connectivity index (χ0v) is 9.87. The van der Waals surface area contributed by atoms with Crippen LogP contribution >= 0.6 is 0 Å². The molecule has 0 radical (unpaired) electrons. The molecule has 0 bridgehead atoms. The predicted molar refractivity (Wildman–Crippen MR) is 60.5 cm³/mol.